The minimum Gasteiger partial charge on any atom is -0.493 e. The van der Waals surface area contributed by atoms with Gasteiger partial charge in [-0.15, -0.1) is 0 Å². The van der Waals surface area contributed by atoms with Gasteiger partial charge in [-0.25, -0.2) is 5.43 Å². The van der Waals surface area contributed by atoms with Gasteiger partial charge in [-0.3, -0.25) is 5.84 Å². The van der Waals surface area contributed by atoms with Crippen molar-refractivity contribution in [1.82, 2.24) is 5.43 Å². The number of hydrazine groups is 1. The molecule has 0 spiro atoms. The minimum atomic E-state index is -0.0824. The fourth-order valence-electron chi connectivity index (χ4n) is 2.06. The quantitative estimate of drug-likeness (QED) is 0.638. The summed E-state index contributed by atoms with van der Waals surface area (Å²) in [7, 11) is 3.24. The Kier molecular flexibility index (Phi) is 4.39. The van der Waals surface area contributed by atoms with Crippen LogP contribution in [0.15, 0.2) is 48.5 Å². The van der Waals surface area contributed by atoms with E-state index in [1.807, 2.05) is 48.5 Å². The lowest BCUT2D eigenvalue weighted by Crippen LogP contribution is -2.28. The number of hydrogen-bond donors (Lipinski definition) is 2. The molecule has 0 amide bonds. The Balaban J connectivity index is 2.39. The Morgan fingerprint density at radius 1 is 0.895 bits per heavy atom. The molecule has 0 aliphatic rings. The predicted molar refractivity (Wildman–Crippen MR) is 75.2 cm³/mol. The van der Waals surface area contributed by atoms with E-state index in [4.69, 9.17) is 15.3 Å². The summed E-state index contributed by atoms with van der Waals surface area (Å²) in [6, 6.07) is 15.7. The summed E-state index contributed by atoms with van der Waals surface area (Å²) >= 11 is 0. The summed E-state index contributed by atoms with van der Waals surface area (Å²) in [4.78, 5) is 0. The summed E-state index contributed by atoms with van der Waals surface area (Å²) in [6.07, 6.45) is 0. The molecule has 100 valence electrons. The number of hydrogen-bond acceptors (Lipinski definition) is 4. The number of ether oxygens (including phenoxy) is 2. The third kappa shape index (κ3) is 2.86. The van der Waals surface area contributed by atoms with Gasteiger partial charge in [0.15, 0.2) is 11.5 Å². The van der Waals surface area contributed by atoms with Gasteiger partial charge >= 0.3 is 0 Å². The van der Waals surface area contributed by atoms with E-state index < -0.39 is 0 Å². The van der Waals surface area contributed by atoms with Crippen LogP contribution in [-0.4, -0.2) is 14.2 Å². The molecule has 0 radical (unpaired) electrons. The van der Waals surface area contributed by atoms with Crippen LogP contribution in [0.3, 0.4) is 0 Å². The highest BCUT2D eigenvalue weighted by Gasteiger charge is 2.14. The first-order chi connectivity index (χ1) is 9.30. The zero-order valence-corrected chi connectivity index (χ0v) is 11.1. The minimum absolute atomic E-state index is 0.0824. The van der Waals surface area contributed by atoms with Gasteiger partial charge in [0, 0.05) is 0 Å². The summed E-state index contributed by atoms with van der Waals surface area (Å²) in [5.74, 6) is 7.07. The molecular formula is C15H18N2O2. The Morgan fingerprint density at radius 2 is 1.58 bits per heavy atom. The van der Waals surface area contributed by atoms with Gasteiger partial charge in [-0.05, 0) is 23.3 Å². The zero-order valence-electron chi connectivity index (χ0n) is 11.1. The molecular weight excluding hydrogens is 240 g/mol. The van der Waals surface area contributed by atoms with E-state index in [0.717, 1.165) is 11.1 Å². The fourth-order valence-corrected chi connectivity index (χ4v) is 2.06. The molecule has 3 N–H and O–H groups in total. The SMILES string of the molecule is COc1ccc(C(NN)c2ccccc2)cc1OC. The van der Waals surface area contributed by atoms with E-state index >= 15 is 0 Å². The van der Waals surface area contributed by atoms with Crippen molar-refractivity contribution in [2.75, 3.05) is 14.2 Å². The largest absolute Gasteiger partial charge is 0.493 e. The average molecular weight is 258 g/mol. The second-order valence-electron chi connectivity index (χ2n) is 4.12. The molecule has 4 heteroatoms. The molecule has 0 aliphatic heterocycles. The lowest BCUT2D eigenvalue weighted by molar-refractivity contribution is 0.354. The highest BCUT2D eigenvalue weighted by Crippen LogP contribution is 2.31. The number of rotatable bonds is 5. The van der Waals surface area contributed by atoms with Gasteiger partial charge in [-0.2, -0.15) is 0 Å². The molecule has 2 rings (SSSR count). The zero-order chi connectivity index (χ0) is 13.7. The summed E-state index contributed by atoms with van der Waals surface area (Å²) in [6.45, 7) is 0. The van der Waals surface area contributed by atoms with Crippen molar-refractivity contribution >= 4 is 0 Å². The molecule has 0 aromatic heterocycles. The average Bonchev–Trinajstić information content (AvgIpc) is 2.49. The number of benzene rings is 2. The Morgan fingerprint density at radius 3 is 2.16 bits per heavy atom. The summed E-state index contributed by atoms with van der Waals surface area (Å²) < 4.78 is 10.5. The Hall–Kier alpha value is -2.04. The van der Waals surface area contributed by atoms with Crippen molar-refractivity contribution in [3.8, 4) is 11.5 Å². The van der Waals surface area contributed by atoms with Gasteiger partial charge in [-0.1, -0.05) is 36.4 Å². The maximum Gasteiger partial charge on any atom is 0.161 e. The van der Waals surface area contributed by atoms with Crippen LogP contribution in [0.25, 0.3) is 0 Å². The first kappa shape index (κ1) is 13.4. The molecule has 2 aromatic carbocycles. The third-order valence-corrected chi connectivity index (χ3v) is 3.04. The molecule has 0 bridgehead atoms. The standard InChI is InChI=1S/C15H18N2O2/c1-18-13-9-8-12(10-14(13)19-2)15(17-16)11-6-4-3-5-7-11/h3-10,15,17H,16H2,1-2H3. The number of methoxy groups -OCH3 is 2. The van der Waals surface area contributed by atoms with Crippen LogP contribution in [0.4, 0.5) is 0 Å². The van der Waals surface area contributed by atoms with Crippen molar-refractivity contribution in [1.29, 1.82) is 0 Å². The van der Waals surface area contributed by atoms with Crippen molar-refractivity contribution in [3.63, 3.8) is 0 Å². The van der Waals surface area contributed by atoms with E-state index in [2.05, 4.69) is 5.43 Å². The Labute approximate surface area is 113 Å². The summed E-state index contributed by atoms with van der Waals surface area (Å²) in [5, 5.41) is 0. The fraction of sp³-hybridized carbons (Fsp3) is 0.200. The van der Waals surface area contributed by atoms with Crippen LogP contribution in [0.1, 0.15) is 17.2 Å². The molecule has 1 unspecified atom stereocenters. The molecule has 0 fully saturated rings. The number of nitrogens with one attached hydrogen (secondary N) is 1. The van der Waals surface area contributed by atoms with Crippen LogP contribution in [0.2, 0.25) is 0 Å². The first-order valence-corrected chi connectivity index (χ1v) is 6.03. The van der Waals surface area contributed by atoms with Crippen LogP contribution in [-0.2, 0) is 0 Å². The highest BCUT2D eigenvalue weighted by molar-refractivity contribution is 5.45. The van der Waals surface area contributed by atoms with Crippen molar-refractivity contribution in [2.24, 2.45) is 5.84 Å². The van der Waals surface area contributed by atoms with Crippen molar-refractivity contribution in [2.45, 2.75) is 6.04 Å². The van der Waals surface area contributed by atoms with Crippen molar-refractivity contribution in [3.05, 3.63) is 59.7 Å². The van der Waals surface area contributed by atoms with Gasteiger partial charge in [0.05, 0.1) is 20.3 Å². The molecule has 19 heavy (non-hydrogen) atoms. The number of nitrogens with two attached hydrogens (primary N) is 1. The van der Waals surface area contributed by atoms with Crippen LogP contribution in [0.5, 0.6) is 11.5 Å². The lowest BCUT2D eigenvalue weighted by Gasteiger charge is -2.18. The van der Waals surface area contributed by atoms with E-state index in [1.54, 1.807) is 14.2 Å². The lowest BCUT2D eigenvalue weighted by atomic mass is 9.99. The van der Waals surface area contributed by atoms with E-state index in [9.17, 15) is 0 Å². The molecule has 0 heterocycles. The Bertz CT molecular complexity index is 529. The van der Waals surface area contributed by atoms with Crippen molar-refractivity contribution < 1.29 is 9.47 Å². The topological polar surface area (TPSA) is 56.5 Å². The highest BCUT2D eigenvalue weighted by atomic mass is 16.5. The van der Waals surface area contributed by atoms with E-state index in [1.165, 1.54) is 0 Å². The molecule has 0 saturated heterocycles. The van der Waals surface area contributed by atoms with Crippen LogP contribution >= 0.6 is 0 Å². The molecule has 4 nitrogen and oxygen atoms in total. The first-order valence-electron chi connectivity index (χ1n) is 6.03. The third-order valence-electron chi connectivity index (χ3n) is 3.04. The maximum atomic E-state index is 5.68. The summed E-state index contributed by atoms with van der Waals surface area (Å²) in [5.41, 5.74) is 4.94. The second kappa shape index (κ2) is 6.22. The molecule has 0 saturated carbocycles. The smallest absolute Gasteiger partial charge is 0.161 e. The second-order valence-corrected chi connectivity index (χ2v) is 4.12. The molecule has 1 atom stereocenters. The predicted octanol–water partition coefficient (Wildman–Crippen LogP) is 2.26. The monoisotopic (exact) mass is 258 g/mol. The van der Waals surface area contributed by atoms with E-state index in [-0.39, 0.29) is 6.04 Å². The molecule has 0 aliphatic carbocycles. The van der Waals surface area contributed by atoms with Crippen LogP contribution in [0, 0.1) is 0 Å². The van der Waals surface area contributed by atoms with Gasteiger partial charge in [0.1, 0.15) is 0 Å². The van der Waals surface area contributed by atoms with Crippen LogP contribution < -0.4 is 20.7 Å². The van der Waals surface area contributed by atoms with Gasteiger partial charge in [0.25, 0.3) is 0 Å². The van der Waals surface area contributed by atoms with Gasteiger partial charge < -0.3 is 9.47 Å². The normalized spacial score (nSPS) is 11.9. The van der Waals surface area contributed by atoms with Gasteiger partial charge in [0.2, 0.25) is 0 Å². The maximum absolute atomic E-state index is 5.68. The van der Waals surface area contributed by atoms with E-state index in [0.29, 0.717) is 11.5 Å². The molecule has 2 aromatic rings.